The molecule has 3 aliphatic carbocycles. The van der Waals surface area contributed by atoms with Crippen LogP contribution in [0.2, 0.25) is 0 Å². The molecule has 86 valence electrons. The molecule has 3 fully saturated rings. The highest BCUT2D eigenvalue weighted by Crippen LogP contribution is 2.51. The van der Waals surface area contributed by atoms with Crippen molar-refractivity contribution in [3.05, 3.63) is 0 Å². The van der Waals surface area contributed by atoms with Crippen molar-refractivity contribution in [1.82, 2.24) is 0 Å². The van der Waals surface area contributed by atoms with Crippen molar-refractivity contribution in [2.75, 3.05) is 0 Å². The second-order valence-electron chi connectivity index (χ2n) is 6.46. The Morgan fingerprint density at radius 3 is 2.53 bits per heavy atom. The minimum absolute atomic E-state index is 0.530. The van der Waals surface area contributed by atoms with E-state index < -0.39 is 0 Å². The van der Waals surface area contributed by atoms with E-state index in [1.54, 1.807) is 25.7 Å². The van der Waals surface area contributed by atoms with Gasteiger partial charge in [-0.05, 0) is 62.2 Å². The van der Waals surface area contributed by atoms with Gasteiger partial charge in [0.1, 0.15) is 0 Å². The Morgan fingerprint density at radius 2 is 1.87 bits per heavy atom. The molecular weight excluding hydrogens is 182 g/mol. The first kappa shape index (κ1) is 10.1. The number of rotatable bonds is 2. The van der Waals surface area contributed by atoms with Gasteiger partial charge in [0.05, 0.1) is 0 Å². The molecule has 0 aromatic heterocycles. The minimum atomic E-state index is 0.530. The van der Waals surface area contributed by atoms with E-state index in [9.17, 15) is 0 Å². The molecule has 1 heteroatoms. The van der Waals surface area contributed by atoms with Crippen LogP contribution in [-0.4, -0.2) is 6.04 Å². The molecule has 5 atom stereocenters. The van der Waals surface area contributed by atoms with Crippen LogP contribution in [0.3, 0.4) is 0 Å². The van der Waals surface area contributed by atoms with Gasteiger partial charge >= 0.3 is 0 Å². The van der Waals surface area contributed by atoms with Crippen LogP contribution in [0.15, 0.2) is 0 Å². The molecule has 5 unspecified atom stereocenters. The second-order valence-corrected chi connectivity index (χ2v) is 6.46. The lowest BCUT2D eigenvalue weighted by molar-refractivity contribution is 0.219. The van der Waals surface area contributed by atoms with E-state index in [-0.39, 0.29) is 0 Å². The smallest absolute Gasteiger partial charge is 0.00414 e. The van der Waals surface area contributed by atoms with Crippen LogP contribution in [-0.2, 0) is 0 Å². The standard InChI is InChI=1S/C14H25N/c15-14-3-1-2-10(9-14)7-13-8-11-4-5-12(13)6-11/h10-14H,1-9,15H2. The van der Waals surface area contributed by atoms with E-state index in [0.717, 1.165) is 23.7 Å². The van der Waals surface area contributed by atoms with Crippen LogP contribution >= 0.6 is 0 Å². The quantitative estimate of drug-likeness (QED) is 0.738. The first-order valence-corrected chi connectivity index (χ1v) is 7.07. The lowest BCUT2D eigenvalue weighted by Gasteiger charge is -2.31. The van der Waals surface area contributed by atoms with Gasteiger partial charge in [-0.2, -0.15) is 0 Å². The van der Waals surface area contributed by atoms with E-state index in [4.69, 9.17) is 5.73 Å². The van der Waals surface area contributed by atoms with E-state index in [2.05, 4.69) is 0 Å². The van der Waals surface area contributed by atoms with Crippen molar-refractivity contribution in [2.45, 2.75) is 63.8 Å². The second kappa shape index (κ2) is 4.08. The molecule has 2 bridgehead atoms. The summed E-state index contributed by atoms with van der Waals surface area (Å²) in [6.07, 6.45) is 13.2. The maximum Gasteiger partial charge on any atom is 0.00414 e. The third-order valence-corrected chi connectivity index (χ3v) is 5.34. The first-order chi connectivity index (χ1) is 7.31. The summed E-state index contributed by atoms with van der Waals surface area (Å²) in [5.41, 5.74) is 6.08. The number of hydrogen-bond acceptors (Lipinski definition) is 1. The monoisotopic (exact) mass is 207 g/mol. The Labute approximate surface area is 93.8 Å². The van der Waals surface area contributed by atoms with Crippen LogP contribution in [0.25, 0.3) is 0 Å². The molecule has 3 rings (SSSR count). The maximum atomic E-state index is 6.08. The maximum absolute atomic E-state index is 6.08. The third kappa shape index (κ3) is 2.08. The molecular formula is C14H25N. The molecule has 0 heterocycles. The molecule has 3 saturated carbocycles. The third-order valence-electron chi connectivity index (χ3n) is 5.34. The molecule has 0 aromatic carbocycles. The Morgan fingerprint density at radius 1 is 0.933 bits per heavy atom. The Kier molecular flexibility index (Phi) is 2.76. The van der Waals surface area contributed by atoms with Crippen LogP contribution in [0.1, 0.15) is 57.8 Å². The van der Waals surface area contributed by atoms with Crippen LogP contribution in [0, 0.1) is 23.7 Å². The lowest BCUT2D eigenvalue weighted by Crippen LogP contribution is -2.29. The lowest BCUT2D eigenvalue weighted by atomic mass is 9.76. The minimum Gasteiger partial charge on any atom is -0.328 e. The summed E-state index contributed by atoms with van der Waals surface area (Å²) < 4.78 is 0. The number of hydrogen-bond donors (Lipinski definition) is 1. The summed E-state index contributed by atoms with van der Waals surface area (Å²) in [5.74, 6) is 4.32. The molecule has 0 spiro atoms. The van der Waals surface area contributed by atoms with Crippen molar-refractivity contribution in [3.63, 3.8) is 0 Å². The average molecular weight is 207 g/mol. The van der Waals surface area contributed by atoms with E-state index in [0.29, 0.717) is 6.04 Å². The molecule has 15 heavy (non-hydrogen) atoms. The first-order valence-electron chi connectivity index (χ1n) is 7.07. The van der Waals surface area contributed by atoms with Gasteiger partial charge in [-0.3, -0.25) is 0 Å². The fraction of sp³-hybridized carbons (Fsp3) is 1.00. The van der Waals surface area contributed by atoms with E-state index >= 15 is 0 Å². The fourth-order valence-electron chi connectivity index (χ4n) is 4.64. The van der Waals surface area contributed by atoms with Crippen LogP contribution in [0.4, 0.5) is 0 Å². The summed E-state index contributed by atoms with van der Waals surface area (Å²) in [4.78, 5) is 0. The van der Waals surface area contributed by atoms with Gasteiger partial charge in [0.25, 0.3) is 0 Å². The van der Waals surface area contributed by atoms with Crippen molar-refractivity contribution in [1.29, 1.82) is 0 Å². The molecule has 0 aliphatic heterocycles. The van der Waals surface area contributed by atoms with Crippen molar-refractivity contribution >= 4 is 0 Å². The normalized spacial score (nSPS) is 49.8. The van der Waals surface area contributed by atoms with Gasteiger partial charge in [-0.15, -0.1) is 0 Å². The summed E-state index contributed by atoms with van der Waals surface area (Å²) >= 11 is 0. The predicted octanol–water partition coefficient (Wildman–Crippen LogP) is 3.33. The number of fused-ring (bicyclic) bond motifs is 2. The predicted molar refractivity (Wildman–Crippen MR) is 63.5 cm³/mol. The summed E-state index contributed by atoms with van der Waals surface area (Å²) in [6, 6.07) is 0.530. The highest BCUT2D eigenvalue weighted by molar-refractivity contribution is 4.91. The van der Waals surface area contributed by atoms with Crippen LogP contribution in [0.5, 0.6) is 0 Å². The molecule has 2 N–H and O–H groups in total. The van der Waals surface area contributed by atoms with Gasteiger partial charge in [0.15, 0.2) is 0 Å². The largest absolute Gasteiger partial charge is 0.328 e. The zero-order chi connectivity index (χ0) is 10.3. The van der Waals surface area contributed by atoms with Gasteiger partial charge in [0.2, 0.25) is 0 Å². The van der Waals surface area contributed by atoms with Crippen molar-refractivity contribution in [3.8, 4) is 0 Å². The Hall–Kier alpha value is -0.0400. The van der Waals surface area contributed by atoms with Gasteiger partial charge in [-0.1, -0.05) is 19.3 Å². The fourth-order valence-corrected chi connectivity index (χ4v) is 4.64. The van der Waals surface area contributed by atoms with Crippen molar-refractivity contribution < 1.29 is 0 Å². The van der Waals surface area contributed by atoms with Crippen LogP contribution < -0.4 is 5.73 Å². The SMILES string of the molecule is NC1CCCC(CC2CC3CCC2C3)C1. The number of nitrogens with two attached hydrogens (primary N) is 1. The molecule has 0 radical (unpaired) electrons. The molecule has 1 nitrogen and oxygen atoms in total. The van der Waals surface area contributed by atoms with Gasteiger partial charge in [-0.25, -0.2) is 0 Å². The highest BCUT2D eigenvalue weighted by atomic mass is 14.6. The van der Waals surface area contributed by atoms with Crippen molar-refractivity contribution in [2.24, 2.45) is 29.4 Å². The zero-order valence-corrected chi connectivity index (χ0v) is 9.83. The van der Waals surface area contributed by atoms with Gasteiger partial charge in [0, 0.05) is 6.04 Å². The molecule has 0 aromatic rings. The van der Waals surface area contributed by atoms with E-state index in [1.807, 2.05) is 0 Å². The molecule has 0 saturated heterocycles. The Balaban J connectivity index is 1.52. The zero-order valence-electron chi connectivity index (χ0n) is 9.83. The topological polar surface area (TPSA) is 26.0 Å². The summed E-state index contributed by atoms with van der Waals surface area (Å²) in [6.45, 7) is 0. The molecule has 3 aliphatic rings. The highest BCUT2D eigenvalue weighted by Gasteiger charge is 2.40. The summed E-state index contributed by atoms with van der Waals surface area (Å²) in [7, 11) is 0. The van der Waals surface area contributed by atoms with E-state index in [1.165, 1.54) is 32.1 Å². The summed E-state index contributed by atoms with van der Waals surface area (Å²) in [5, 5.41) is 0. The molecule has 0 amide bonds. The van der Waals surface area contributed by atoms with Gasteiger partial charge < -0.3 is 5.73 Å². The Bertz CT molecular complexity index is 225. The average Bonchev–Trinajstić information content (AvgIpc) is 2.79.